The summed E-state index contributed by atoms with van der Waals surface area (Å²) in [5.41, 5.74) is 7.22. The van der Waals surface area contributed by atoms with Crippen molar-refractivity contribution < 1.29 is 8.42 Å². The van der Waals surface area contributed by atoms with E-state index in [0.717, 1.165) is 17.9 Å². The lowest BCUT2D eigenvalue weighted by atomic mass is 9.94. The Morgan fingerprint density at radius 2 is 1.78 bits per heavy atom. The molecule has 0 amide bonds. The minimum atomic E-state index is -3.11. The SMILES string of the molecule is CS(=O)(=O)c1ccc(C(N)CC2CCCC2)cc1. The lowest BCUT2D eigenvalue weighted by Gasteiger charge is -2.16. The van der Waals surface area contributed by atoms with Crippen LogP contribution in [0.15, 0.2) is 29.2 Å². The molecule has 3 nitrogen and oxygen atoms in total. The predicted octanol–water partition coefficient (Wildman–Crippen LogP) is 2.67. The van der Waals surface area contributed by atoms with Crippen molar-refractivity contribution in [3.63, 3.8) is 0 Å². The highest BCUT2D eigenvalue weighted by Crippen LogP contribution is 2.32. The normalized spacial score (nSPS) is 19.0. The van der Waals surface area contributed by atoms with Crippen molar-refractivity contribution in [3.8, 4) is 0 Å². The zero-order chi connectivity index (χ0) is 13.2. The quantitative estimate of drug-likeness (QED) is 0.912. The summed E-state index contributed by atoms with van der Waals surface area (Å²) in [5.74, 6) is 0.745. The molecule has 0 aliphatic heterocycles. The summed E-state index contributed by atoms with van der Waals surface area (Å²) >= 11 is 0. The molecule has 0 bridgehead atoms. The number of sulfone groups is 1. The first-order chi connectivity index (χ1) is 8.47. The van der Waals surface area contributed by atoms with Crippen LogP contribution in [0.3, 0.4) is 0 Å². The van der Waals surface area contributed by atoms with Gasteiger partial charge in [0.2, 0.25) is 0 Å². The van der Waals surface area contributed by atoms with Crippen LogP contribution in [-0.4, -0.2) is 14.7 Å². The Bertz CT molecular complexity index is 487. The van der Waals surface area contributed by atoms with Crippen LogP contribution in [0.1, 0.15) is 43.7 Å². The Morgan fingerprint density at radius 1 is 1.22 bits per heavy atom. The fourth-order valence-electron chi connectivity index (χ4n) is 2.70. The summed E-state index contributed by atoms with van der Waals surface area (Å²) in [6, 6.07) is 7.02. The largest absolute Gasteiger partial charge is 0.324 e. The molecule has 18 heavy (non-hydrogen) atoms. The number of nitrogens with two attached hydrogens (primary N) is 1. The Labute approximate surface area is 109 Å². The lowest BCUT2D eigenvalue weighted by molar-refractivity contribution is 0.450. The molecule has 1 aliphatic carbocycles. The van der Waals surface area contributed by atoms with E-state index in [0.29, 0.717) is 4.90 Å². The first-order valence-electron chi connectivity index (χ1n) is 6.52. The molecule has 1 aromatic carbocycles. The van der Waals surface area contributed by atoms with Crippen LogP contribution < -0.4 is 5.73 Å². The fourth-order valence-corrected chi connectivity index (χ4v) is 3.33. The van der Waals surface area contributed by atoms with Crippen molar-refractivity contribution in [2.24, 2.45) is 11.7 Å². The zero-order valence-electron chi connectivity index (χ0n) is 10.8. The molecule has 2 rings (SSSR count). The van der Waals surface area contributed by atoms with Crippen molar-refractivity contribution >= 4 is 9.84 Å². The third-order valence-electron chi connectivity index (χ3n) is 3.80. The minimum absolute atomic E-state index is 0.0294. The minimum Gasteiger partial charge on any atom is -0.324 e. The summed E-state index contributed by atoms with van der Waals surface area (Å²) in [7, 11) is -3.11. The van der Waals surface area contributed by atoms with Crippen molar-refractivity contribution in [3.05, 3.63) is 29.8 Å². The Hall–Kier alpha value is -0.870. The van der Waals surface area contributed by atoms with Crippen LogP contribution in [-0.2, 0) is 9.84 Å². The summed E-state index contributed by atoms with van der Waals surface area (Å²) in [5, 5.41) is 0. The molecule has 1 saturated carbocycles. The van der Waals surface area contributed by atoms with Gasteiger partial charge in [0.1, 0.15) is 0 Å². The predicted molar refractivity (Wildman–Crippen MR) is 73.1 cm³/mol. The van der Waals surface area contributed by atoms with Crippen LogP contribution in [0, 0.1) is 5.92 Å². The summed E-state index contributed by atoms with van der Waals surface area (Å²) in [6.07, 6.45) is 7.46. The van der Waals surface area contributed by atoms with Gasteiger partial charge in [0.25, 0.3) is 0 Å². The van der Waals surface area contributed by atoms with E-state index in [2.05, 4.69) is 0 Å². The van der Waals surface area contributed by atoms with Gasteiger partial charge in [-0.2, -0.15) is 0 Å². The molecule has 0 spiro atoms. The van der Waals surface area contributed by atoms with Crippen LogP contribution in [0.2, 0.25) is 0 Å². The average Bonchev–Trinajstić information content (AvgIpc) is 2.81. The smallest absolute Gasteiger partial charge is 0.175 e. The number of hydrogen-bond acceptors (Lipinski definition) is 3. The molecule has 0 saturated heterocycles. The summed E-state index contributed by atoms with van der Waals surface area (Å²) < 4.78 is 22.7. The maximum absolute atomic E-state index is 11.4. The van der Waals surface area contributed by atoms with E-state index in [1.165, 1.54) is 31.9 Å². The van der Waals surface area contributed by atoms with Gasteiger partial charge < -0.3 is 5.73 Å². The molecule has 0 radical (unpaired) electrons. The van der Waals surface area contributed by atoms with Gasteiger partial charge in [-0.15, -0.1) is 0 Å². The number of rotatable bonds is 4. The number of hydrogen-bond donors (Lipinski definition) is 1. The third kappa shape index (κ3) is 3.33. The van der Waals surface area contributed by atoms with Crippen LogP contribution in [0.25, 0.3) is 0 Å². The van der Waals surface area contributed by atoms with Crippen molar-refractivity contribution in [2.75, 3.05) is 6.26 Å². The highest BCUT2D eigenvalue weighted by atomic mass is 32.2. The molecule has 1 aliphatic rings. The van der Waals surface area contributed by atoms with Crippen molar-refractivity contribution in [1.82, 2.24) is 0 Å². The fraction of sp³-hybridized carbons (Fsp3) is 0.571. The van der Waals surface area contributed by atoms with E-state index < -0.39 is 9.84 Å². The van der Waals surface area contributed by atoms with E-state index >= 15 is 0 Å². The molecular weight excluding hydrogens is 246 g/mol. The van der Waals surface area contributed by atoms with E-state index in [9.17, 15) is 8.42 Å². The van der Waals surface area contributed by atoms with Gasteiger partial charge in [-0.3, -0.25) is 0 Å². The van der Waals surface area contributed by atoms with E-state index in [1.807, 2.05) is 12.1 Å². The van der Waals surface area contributed by atoms with Crippen LogP contribution in [0.5, 0.6) is 0 Å². The second-order valence-corrected chi connectivity index (χ2v) is 7.35. The molecule has 1 fully saturated rings. The Balaban J connectivity index is 2.04. The topological polar surface area (TPSA) is 60.2 Å². The molecule has 0 aromatic heterocycles. The monoisotopic (exact) mass is 267 g/mol. The van der Waals surface area contributed by atoms with E-state index in [1.54, 1.807) is 12.1 Å². The first-order valence-corrected chi connectivity index (χ1v) is 8.41. The lowest BCUT2D eigenvalue weighted by Crippen LogP contribution is -2.14. The Kier molecular flexibility index (Phi) is 4.07. The van der Waals surface area contributed by atoms with Crippen molar-refractivity contribution in [2.45, 2.75) is 43.0 Å². The molecule has 0 heterocycles. The van der Waals surface area contributed by atoms with Gasteiger partial charge in [-0.05, 0) is 30.0 Å². The molecule has 4 heteroatoms. The second kappa shape index (κ2) is 5.41. The number of benzene rings is 1. The van der Waals surface area contributed by atoms with E-state index in [-0.39, 0.29) is 6.04 Å². The average molecular weight is 267 g/mol. The van der Waals surface area contributed by atoms with Gasteiger partial charge in [-0.25, -0.2) is 8.42 Å². The van der Waals surface area contributed by atoms with Crippen LogP contribution in [0.4, 0.5) is 0 Å². The molecule has 100 valence electrons. The van der Waals surface area contributed by atoms with Gasteiger partial charge in [0.15, 0.2) is 9.84 Å². The second-order valence-electron chi connectivity index (χ2n) is 5.33. The maximum Gasteiger partial charge on any atom is 0.175 e. The molecule has 1 aromatic rings. The highest BCUT2D eigenvalue weighted by Gasteiger charge is 2.19. The first kappa shape index (κ1) is 13.6. The van der Waals surface area contributed by atoms with Gasteiger partial charge in [0, 0.05) is 12.3 Å². The van der Waals surface area contributed by atoms with E-state index in [4.69, 9.17) is 5.73 Å². The summed E-state index contributed by atoms with van der Waals surface area (Å²) in [4.78, 5) is 0.360. The molecule has 1 unspecified atom stereocenters. The summed E-state index contributed by atoms with van der Waals surface area (Å²) in [6.45, 7) is 0. The molecule has 1 atom stereocenters. The highest BCUT2D eigenvalue weighted by molar-refractivity contribution is 7.90. The standard InChI is InChI=1S/C14H21NO2S/c1-18(16,17)13-8-6-12(7-9-13)14(15)10-11-4-2-3-5-11/h6-9,11,14H,2-5,10,15H2,1H3. The zero-order valence-corrected chi connectivity index (χ0v) is 11.6. The van der Waals surface area contributed by atoms with Gasteiger partial charge >= 0.3 is 0 Å². The molecular formula is C14H21NO2S. The third-order valence-corrected chi connectivity index (χ3v) is 4.93. The van der Waals surface area contributed by atoms with Gasteiger partial charge in [0.05, 0.1) is 4.90 Å². The Morgan fingerprint density at radius 3 is 2.28 bits per heavy atom. The maximum atomic E-state index is 11.4. The van der Waals surface area contributed by atoms with Crippen LogP contribution >= 0.6 is 0 Å². The molecule has 2 N–H and O–H groups in total. The van der Waals surface area contributed by atoms with Gasteiger partial charge in [-0.1, -0.05) is 37.8 Å². The van der Waals surface area contributed by atoms with Crippen molar-refractivity contribution in [1.29, 1.82) is 0 Å².